The Bertz CT molecular complexity index is 659. The van der Waals surface area contributed by atoms with Gasteiger partial charge < -0.3 is 10.1 Å². The average molecular weight is 367 g/mol. The van der Waals surface area contributed by atoms with Gasteiger partial charge in [0.2, 0.25) is 0 Å². The van der Waals surface area contributed by atoms with Crippen molar-refractivity contribution >= 4 is 27.5 Å². The van der Waals surface area contributed by atoms with E-state index in [-0.39, 0.29) is 6.04 Å². The lowest BCUT2D eigenvalue weighted by Crippen LogP contribution is -2.19. The lowest BCUT2D eigenvalue weighted by atomic mass is 9.96. The average Bonchev–Trinajstić information content (AvgIpc) is 2.92. The van der Waals surface area contributed by atoms with Gasteiger partial charge in [-0.2, -0.15) is 0 Å². The maximum atomic E-state index is 6.27. The minimum atomic E-state index is 0.185. The highest BCUT2D eigenvalue weighted by Crippen LogP contribution is 2.37. The van der Waals surface area contributed by atoms with Crippen LogP contribution in [0.4, 0.5) is 0 Å². The molecule has 2 aromatic rings. The molecule has 0 aliphatic carbocycles. The molecule has 0 fully saturated rings. The molecule has 0 saturated heterocycles. The van der Waals surface area contributed by atoms with Gasteiger partial charge in [-0.25, -0.2) is 0 Å². The van der Waals surface area contributed by atoms with E-state index in [9.17, 15) is 0 Å². The Labute approximate surface area is 138 Å². The first-order valence-corrected chi connectivity index (χ1v) is 8.21. The first-order chi connectivity index (χ1) is 10.2. The number of fused-ring (bicyclic) bond motifs is 1. The quantitative estimate of drug-likeness (QED) is 0.857. The number of hydrogen-bond acceptors (Lipinski definition) is 2. The Kier molecular flexibility index (Phi) is 4.53. The summed E-state index contributed by atoms with van der Waals surface area (Å²) in [4.78, 5) is 0. The number of halogens is 2. The van der Waals surface area contributed by atoms with Gasteiger partial charge in [-0.15, -0.1) is 0 Å². The highest BCUT2D eigenvalue weighted by Gasteiger charge is 2.22. The number of hydrogen-bond donors (Lipinski definition) is 1. The van der Waals surface area contributed by atoms with Gasteiger partial charge in [0.05, 0.1) is 6.61 Å². The lowest BCUT2D eigenvalue weighted by Gasteiger charge is -2.20. The summed E-state index contributed by atoms with van der Waals surface area (Å²) in [6, 6.07) is 12.6. The summed E-state index contributed by atoms with van der Waals surface area (Å²) in [5, 5.41) is 4.17. The van der Waals surface area contributed by atoms with Crippen LogP contribution < -0.4 is 10.1 Å². The standard InChI is InChI=1S/C17H17BrClNO/c1-20-16(8-11-3-2-4-13(18)7-11)15-10-14(19)9-12-5-6-21-17(12)15/h2-4,7,9-10,16,20H,5-6,8H2,1H3. The molecular formula is C17H17BrClNO. The Morgan fingerprint density at radius 1 is 1.33 bits per heavy atom. The van der Waals surface area contributed by atoms with Crippen LogP contribution in [0, 0.1) is 0 Å². The van der Waals surface area contributed by atoms with Crippen molar-refractivity contribution < 1.29 is 4.74 Å². The van der Waals surface area contributed by atoms with Crippen LogP contribution in [0.5, 0.6) is 5.75 Å². The van der Waals surface area contributed by atoms with Crippen molar-refractivity contribution in [2.24, 2.45) is 0 Å². The largest absolute Gasteiger partial charge is 0.493 e. The van der Waals surface area contributed by atoms with E-state index in [0.29, 0.717) is 0 Å². The summed E-state index contributed by atoms with van der Waals surface area (Å²) in [6.07, 6.45) is 1.84. The van der Waals surface area contributed by atoms with E-state index in [0.717, 1.165) is 40.3 Å². The van der Waals surface area contributed by atoms with Crippen LogP contribution in [0.25, 0.3) is 0 Å². The molecule has 21 heavy (non-hydrogen) atoms. The molecule has 2 aromatic carbocycles. The molecule has 1 aliphatic rings. The molecule has 1 heterocycles. The van der Waals surface area contributed by atoms with E-state index in [1.807, 2.05) is 25.2 Å². The molecule has 1 N–H and O–H groups in total. The number of rotatable bonds is 4. The van der Waals surface area contributed by atoms with E-state index in [1.54, 1.807) is 0 Å². The van der Waals surface area contributed by atoms with Crippen LogP contribution in [-0.2, 0) is 12.8 Å². The van der Waals surface area contributed by atoms with Crippen LogP contribution in [0.2, 0.25) is 5.02 Å². The second-order valence-electron chi connectivity index (χ2n) is 5.26. The summed E-state index contributed by atoms with van der Waals surface area (Å²) >= 11 is 9.79. The highest BCUT2D eigenvalue weighted by molar-refractivity contribution is 9.10. The molecule has 2 nitrogen and oxygen atoms in total. The molecule has 0 amide bonds. The SMILES string of the molecule is CNC(Cc1cccc(Br)c1)c1cc(Cl)cc2c1OCC2. The van der Waals surface area contributed by atoms with Gasteiger partial charge in [0.1, 0.15) is 5.75 Å². The molecule has 0 saturated carbocycles. The maximum absolute atomic E-state index is 6.27. The normalized spacial score (nSPS) is 14.6. The fraction of sp³-hybridized carbons (Fsp3) is 0.294. The molecule has 4 heteroatoms. The van der Waals surface area contributed by atoms with E-state index >= 15 is 0 Å². The molecule has 0 radical (unpaired) electrons. The van der Waals surface area contributed by atoms with E-state index in [4.69, 9.17) is 16.3 Å². The zero-order valence-electron chi connectivity index (χ0n) is 11.8. The lowest BCUT2D eigenvalue weighted by molar-refractivity contribution is 0.349. The van der Waals surface area contributed by atoms with Crippen molar-refractivity contribution in [3.05, 3.63) is 62.6 Å². The van der Waals surface area contributed by atoms with Gasteiger partial charge in [0, 0.05) is 27.5 Å². The van der Waals surface area contributed by atoms with Crippen molar-refractivity contribution in [3.63, 3.8) is 0 Å². The van der Waals surface area contributed by atoms with Crippen LogP contribution in [-0.4, -0.2) is 13.7 Å². The minimum absolute atomic E-state index is 0.185. The summed E-state index contributed by atoms with van der Waals surface area (Å²) in [6.45, 7) is 0.746. The smallest absolute Gasteiger partial charge is 0.127 e. The summed E-state index contributed by atoms with van der Waals surface area (Å²) in [5.74, 6) is 1.01. The maximum Gasteiger partial charge on any atom is 0.127 e. The fourth-order valence-corrected chi connectivity index (χ4v) is 3.52. The van der Waals surface area contributed by atoms with Gasteiger partial charge in [-0.05, 0) is 48.9 Å². The van der Waals surface area contributed by atoms with Crippen LogP contribution >= 0.6 is 27.5 Å². The molecule has 0 spiro atoms. The monoisotopic (exact) mass is 365 g/mol. The first kappa shape index (κ1) is 14.9. The van der Waals surface area contributed by atoms with Crippen molar-refractivity contribution in [1.29, 1.82) is 0 Å². The molecule has 1 aliphatic heterocycles. The second-order valence-corrected chi connectivity index (χ2v) is 6.61. The van der Waals surface area contributed by atoms with E-state index in [2.05, 4.69) is 39.4 Å². The summed E-state index contributed by atoms with van der Waals surface area (Å²) in [7, 11) is 1.98. The summed E-state index contributed by atoms with van der Waals surface area (Å²) in [5.41, 5.74) is 3.64. The first-order valence-electron chi connectivity index (χ1n) is 7.04. The summed E-state index contributed by atoms with van der Waals surface area (Å²) < 4.78 is 6.92. The third-order valence-electron chi connectivity index (χ3n) is 3.83. The van der Waals surface area contributed by atoms with Gasteiger partial charge in [0.25, 0.3) is 0 Å². The van der Waals surface area contributed by atoms with Crippen LogP contribution in [0.15, 0.2) is 40.9 Å². The molecule has 1 atom stereocenters. The topological polar surface area (TPSA) is 21.3 Å². The zero-order valence-corrected chi connectivity index (χ0v) is 14.2. The van der Waals surface area contributed by atoms with Crippen molar-refractivity contribution in [2.75, 3.05) is 13.7 Å². The van der Waals surface area contributed by atoms with Crippen molar-refractivity contribution in [1.82, 2.24) is 5.32 Å². The number of ether oxygens (including phenoxy) is 1. The predicted molar refractivity (Wildman–Crippen MR) is 90.3 cm³/mol. The van der Waals surface area contributed by atoms with Gasteiger partial charge in [0.15, 0.2) is 0 Å². The molecule has 110 valence electrons. The third-order valence-corrected chi connectivity index (χ3v) is 4.54. The van der Waals surface area contributed by atoms with Crippen molar-refractivity contribution in [2.45, 2.75) is 18.9 Å². The Balaban J connectivity index is 1.94. The minimum Gasteiger partial charge on any atom is -0.493 e. The Hall–Kier alpha value is -1.03. The number of benzene rings is 2. The fourth-order valence-electron chi connectivity index (χ4n) is 2.82. The van der Waals surface area contributed by atoms with Crippen molar-refractivity contribution in [3.8, 4) is 5.75 Å². The molecule has 1 unspecified atom stereocenters. The van der Waals surface area contributed by atoms with Crippen LogP contribution in [0.1, 0.15) is 22.7 Å². The number of likely N-dealkylation sites (N-methyl/N-ethyl adjacent to an activating group) is 1. The molecular weight excluding hydrogens is 350 g/mol. The van der Waals surface area contributed by atoms with Gasteiger partial charge >= 0.3 is 0 Å². The third kappa shape index (κ3) is 3.25. The highest BCUT2D eigenvalue weighted by atomic mass is 79.9. The van der Waals surface area contributed by atoms with Crippen LogP contribution in [0.3, 0.4) is 0 Å². The molecule has 0 aromatic heterocycles. The van der Waals surface area contributed by atoms with E-state index < -0.39 is 0 Å². The zero-order chi connectivity index (χ0) is 14.8. The molecule has 0 bridgehead atoms. The van der Waals surface area contributed by atoms with Gasteiger partial charge in [-0.3, -0.25) is 0 Å². The Morgan fingerprint density at radius 3 is 2.95 bits per heavy atom. The predicted octanol–water partition coefficient (Wildman–Crippen LogP) is 4.54. The number of nitrogens with one attached hydrogen (secondary N) is 1. The second kappa shape index (κ2) is 6.39. The Morgan fingerprint density at radius 2 is 2.19 bits per heavy atom. The molecule has 3 rings (SSSR count). The van der Waals surface area contributed by atoms with E-state index in [1.165, 1.54) is 11.1 Å². The van der Waals surface area contributed by atoms with Gasteiger partial charge in [-0.1, -0.05) is 39.7 Å².